The van der Waals surface area contributed by atoms with Crippen LogP contribution >= 0.6 is 0 Å². The van der Waals surface area contributed by atoms with Crippen LogP contribution in [0, 0.1) is 6.92 Å². The summed E-state index contributed by atoms with van der Waals surface area (Å²) in [5.74, 6) is 0.929. The Hall–Kier alpha value is -1.03. The molecule has 0 fully saturated rings. The molecule has 4 nitrogen and oxygen atoms in total. The van der Waals surface area contributed by atoms with Crippen molar-refractivity contribution < 1.29 is 4.74 Å². The van der Waals surface area contributed by atoms with Gasteiger partial charge < -0.3 is 10.5 Å². The Labute approximate surface area is 71.3 Å². The molecule has 1 aliphatic rings. The van der Waals surface area contributed by atoms with E-state index in [1.807, 2.05) is 11.6 Å². The summed E-state index contributed by atoms with van der Waals surface area (Å²) in [6.45, 7) is 4.28. The molecule has 0 saturated carbocycles. The van der Waals surface area contributed by atoms with Gasteiger partial charge in [-0.25, -0.2) is 4.68 Å². The normalized spacial score (nSPS) is 14.5. The summed E-state index contributed by atoms with van der Waals surface area (Å²) in [6.07, 6.45) is 0.862. The van der Waals surface area contributed by atoms with Crippen molar-refractivity contribution in [3.05, 3.63) is 11.3 Å². The van der Waals surface area contributed by atoms with E-state index < -0.39 is 0 Å². The lowest BCUT2D eigenvalue weighted by Gasteiger charge is -1.98. The van der Waals surface area contributed by atoms with Crippen LogP contribution in [0.4, 0.5) is 0 Å². The van der Waals surface area contributed by atoms with Crippen LogP contribution in [0.15, 0.2) is 0 Å². The van der Waals surface area contributed by atoms with Crippen LogP contribution in [-0.4, -0.2) is 22.9 Å². The lowest BCUT2D eigenvalue weighted by molar-refractivity contribution is 0.353. The first kappa shape index (κ1) is 7.61. The van der Waals surface area contributed by atoms with Crippen molar-refractivity contribution in [3.8, 4) is 5.88 Å². The first-order valence-electron chi connectivity index (χ1n) is 4.22. The zero-order chi connectivity index (χ0) is 8.55. The highest BCUT2D eigenvalue weighted by atomic mass is 16.5. The van der Waals surface area contributed by atoms with Crippen molar-refractivity contribution >= 4 is 0 Å². The highest BCUT2D eigenvalue weighted by Gasteiger charge is 2.19. The Bertz CT molecular complexity index is 293. The molecule has 0 spiro atoms. The number of aromatic nitrogens is 2. The molecule has 0 atom stereocenters. The maximum absolute atomic E-state index is 5.49. The Morgan fingerprint density at radius 3 is 3.25 bits per heavy atom. The molecule has 0 bridgehead atoms. The molecule has 0 unspecified atom stereocenters. The molecule has 0 radical (unpaired) electrons. The fourth-order valence-corrected chi connectivity index (χ4v) is 1.57. The molecule has 2 N–H and O–H groups in total. The quantitative estimate of drug-likeness (QED) is 0.679. The summed E-state index contributed by atoms with van der Waals surface area (Å²) in [5.41, 5.74) is 7.72. The van der Waals surface area contributed by atoms with Crippen LogP contribution in [0.1, 0.15) is 11.3 Å². The fourth-order valence-electron chi connectivity index (χ4n) is 1.57. The minimum absolute atomic E-state index is 0.656. The number of nitrogens with two attached hydrogens (primary N) is 1. The van der Waals surface area contributed by atoms with Crippen molar-refractivity contribution in [2.45, 2.75) is 19.9 Å². The van der Waals surface area contributed by atoms with Gasteiger partial charge in [0.15, 0.2) is 0 Å². The summed E-state index contributed by atoms with van der Waals surface area (Å²) >= 11 is 0. The predicted octanol–water partition coefficient (Wildman–Crippen LogP) is 0.0851. The lowest BCUT2D eigenvalue weighted by atomic mass is 10.2. The molecular weight excluding hydrogens is 154 g/mol. The maximum atomic E-state index is 5.49. The molecular formula is C8H13N3O. The zero-order valence-corrected chi connectivity index (χ0v) is 7.21. The topological polar surface area (TPSA) is 53.1 Å². The van der Waals surface area contributed by atoms with Gasteiger partial charge in [-0.1, -0.05) is 0 Å². The molecule has 66 valence electrons. The standard InChI is InChI=1S/C8H13N3O/c1-6-7(2-3-9)8-11(10-6)4-5-12-8/h2-5,9H2,1H3. The molecule has 1 aromatic heterocycles. The summed E-state index contributed by atoms with van der Waals surface area (Å²) in [5, 5.41) is 4.35. The van der Waals surface area contributed by atoms with Gasteiger partial charge in [0.05, 0.1) is 12.2 Å². The fraction of sp³-hybridized carbons (Fsp3) is 0.625. The van der Waals surface area contributed by atoms with Crippen LogP contribution in [0.2, 0.25) is 0 Å². The number of hydrogen-bond acceptors (Lipinski definition) is 3. The number of hydrogen-bond donors (Lipinski definition) is 1. The second kappa shape index (κ2) is 2.79. The van der Waals surface area contributed by atoms with Gasteiger partial charge in [-0.05, 0) is 19.9 Å². The van der Waals surface area contributed by atoms with E-state index >= 15 is 0 Å². The molecule has 2 heterocycles. The van der Waals surface area contributed by atoms with Gasteiger partial charge in [-0.2, -0.15) is 5.10 Å². The number of fused-ring (bicyclic) bond motifs is 1. The Morgan fingerprint density at radius 1 is 1.67 bits per heavy atom. The van der Waals surface area contributed by atoms with Crippen molar-refractivity contribution in [2.24, 2.45) is 5.73 Å². The van der Waals surface area contributed by atoms with Gasteiger partial charge >= 0.3 is 0 Å². The molecule has 1 aliphatic heterocycles. The van der Waals surface area contributed by atoms with E-state index in [0.717, 1.165) is 31.1 Å². The third kappa shape index (κ3) is 0.992. The van der Waals surface area contributed by atoms with Crippen molar-refractivity contribution in [1.29, 1.82) is 0 Å². The molecule has 1 aromatic rings. The zero-order valence-electron chi connectivity index (χ0n) is 7.21. The van der Waals surface area contributed by atoms with E-state index in [1.165, 1.54) is 5.56 Å². The number of nitrogens with zero attached hydrogens (tertiary/aromatic N) is 2. The highest BCUT2D eigenvalue weighted by molar-refractivity contribution is 5.32. The average molecular weight is 167 g/mol. The molecule has 0 aromatic carbocycles. The van der Waals surface area contributed by atoms with Crippen molar-refractivity contribution in [3.63, 3.8) is 0 Å². The molecule has 4 heteroatoms. The van der Waals surface area contributed by atoms with E-state index in [9.17, 15) is 0 Å². The Kier molecular flexibility index (Phi) is 1.77. The third-order valence-corrected chi connectivity index (χ3v) is 2.14. The van der Waals surface area contributed by atoms with E-state index in [0.29, 0.717) is 6.54 Å². The van der Waals surface area contributed by atoms with Crippen LogP contribution in [0.3, 0.4) is 0 Å². The number of rotatable bonds is 2. The Balaban J connectivity index is 2.38. The van der Waals surface area contributed by atoms with Gasteiger partial charge in [0.25, 0.3) is 0 Å². The summed E-state index contributed by atoms with van der Waals surface area (Å²) in [6, 6.07) is 0. The summed E-state index contributed by atoms with van der Waals surface area (Å²) in [4.78, 5) is 0. The van der Waals surface area contributed by atoms with Crippen LogP contribution in [0.5, 0.6) is 5.88 Å². The molecule has 2 rings (SSSR count). The SMILES string of the molecule is Cc1nn2c(c1CCN)OCC2. The van der Waals surface area contributed by atoms with Crippen molar-refractivity contribution in [1.82, 2.24) is 9.78 Å². The Morgan fingerprint density at radius 2 is 2.50 bits per heavy atom. The summed E-state index contributed by atoms with van der Waals surface area (Å²) < 4.78 is 7.36. The van der Waals surface area contributed by atoms with Gasteiger partial charge in [0, 0.05) is 5.56 Å². The minimum atomic E-state index is 0.656. The predicted molar refractivity (Wildman–Crippen MR) is 45.2 cm³/mol. The van der Waals surface area contributed by atoms with Gasteiger partial charge in [0.1, 0.15) is 6.61 Å². The van der Waals surface area contributed by atoms with Crippen molar-refractivity contribution in [2.75, 3.05) is 13.2 Å². The van der Waals surface area contributed by atoms with E-state index in [-0.39, 0.29) is 0 Å². The third-order valence-electron chi connectivity index (χ3n) is 2.14. The van der Waals surface area contributed by atoms with Gasteiger partial charge in [-0.3, -0.25) is 0 Å². The largest absolute Gasteiger partial charge is 0.476 e. The smallest absolute Gasteiger partial charge is 0.215 e. The monoisotopic (exact) mass is 167 g/mol. The van der Waals surface area contributed by atoms with E-state index in [2.05, 4.69) is 5.10 Å². The van der Waals surface area contributed by atoms with Crippen LogP contribution in [-0.2, 0) is 13.0 Å². The first-order valence-corrected chi connectivity index (χ1v) is 4.22. The number of aryl methyl sites for hydroxylation is 1. The summed E-state index contributed by atoms with van der Waals surface area (Å²) in [7, 11) is 0. The van der Waals surface area contributed by atoms with Crippen LogP contribution < -0.4 is 10.5 Å². The lowest BCUT2D eigenvalue weighted by Crippen LogP contribution is -2.04. The molecule has 0 amide bonds. The first-order chi connectivity index (χ1) is 5.83. The van der Waals surface area contributed by atoms with Crippen LogP contribution in [0.25, 0.3) is 0 Å². The second-order valence-electron chi connectivity index (χ2n) is 2.98. The maximum Gasteiger partial charge on any atom is 0.215 e. The van der Waals surface area contributed by atoms with Gasteiger partial charge in [-0.15, -0.1) is 0 Å². The average Bonchev–Trinajstić information content (AvgIpc) is 2.56. The highest BCUT2D eigenvalue weighted by Crippen LogP contribution is 2.25. The van der Waals surface area contributed by atoms with Gasteiger partial charge in [0.2, 0.25) is 5.88 Å². The second-order valence-corrected chi connectivity index (χ2v) is 2.98. The number of ether oxygens (including phenoxy) is 1. The minimum Gasteiger partial charge on any atom is -0.476 e. The molecule has 0 aliphatic carbocycles. The molecule has 0 saturated heterocycles. The van der Waals surface area contributed by atoms with E-state index in [1.54, 1.807) is 0 Å². The van der Waals surface area contributed by atoms with E-state index in [4.69, 9.17) is 10.5 Å². The molecule has 12 heavy (non-hydrogen) atoms.